The van der Waals surface area contributed by atoms with Gasteiger partial charge in [-0.3, -0.25) is 9.59 Å². The molecule has 0 saturated heterocycles. The molecule has 2 aromatic carbocycles. The lowest BCUT2D eigenvalue weighted by atomic mass is 10.1. The number of hydrogen-bond acceptors (Lipinski definition) is 2. The van der Waals surface area contributed by atoms with E-state index in [2.05, 4.69) is 5.32 Å². The number of ketones is 1. The van der Waals surface area contributed by atoms with Crippen molar-refractivity contribution < 1.29 is 22.8 Å². The highest BCUT2D eigenvalue weighted by Crippen LogP contribution is 2.29. The van der Waals surface area contributed by atoms with Gasteiger partial charge in [-0.05, 0) is 24.6 Å². The van der Waals surface area contributed by atoms with Crippen LogP contribution < -0.4 is 5.32 Å². The summed E-state index contributed by atoms with van der Waals surface area (Å²) >= 11 is 0. The number of nitrogens with one attached hydrogen (secondary N) is 1. The first-order valence-electron chi connectivity index (χ1n) is 6.83. The maximum Gasteiger partial charge on any atom is 0.416 e. The zero-order valence-corrected chi connectivity index (χ0v) is 12.3. The molecule has 0 aliphatic heterocycles. The molecular weight excluding hydrogens is 307 g/mol. The van der Waals surface area contributed by atoms with Crippen LogP contribution in [0.1, 0.15) is 27.0 Å². The van der Waals surface area contributed by atoms with Crippen LogP contribution in [0.4, 0.5) is 13.2 Å². The third kappa shape index (κ3) is 4.42. The zero-order chi connectivity index (χ0) is 17.0. The SMILES string of the molecule is Cc1ccc(C(=O)C(=O)NCc2cccc(C(F)(F)F)c2)cc1. The highest BCUT2D eigenvalue weighted by atomic mass is 19.4. The van der Waals surface area contributed by atoms with Crippen molar-refractivity contribution in [3.8, 4) is 0 Å². The van der Waals surface area contributed by atoms with Crippen LogP contribution in [-0.2, 0) is 17.5 Å². The predicted molar refractivity (Wildman–Crippen MR) is 78.8 cm³/mol. The average molecular weight is 321 g/mol. The molecule has 23 heavy (non-hydrogen) atoms. The number of halogens is 3. The van der Waals surface area contributed by atoms with Crippen LogP contribution >= 0.6 is 0 Å². The van der Waals surface area contributed by atoms with Gasteiger partial charge in [-0.2, -0.15) is 13.2 Å². The molecule has 0 aliphatic carbocycles. The van der Waals surface area contributed by atoms with E-state index >= 15 is 0 Å². The van der Waals surface area contributed by atoms with Gasteiger partial charge in [0.2, 0.25) is 5.78 Å². The Labute approximate surface area is 131 Å². The van der Waals surface area contributed by atoms with Crippen molar-refractivity contribution in [1.82, 2.24) is 5.32 Å². The van der Waals surface area contributed by atoms with Crippen LogP contribution in [-0.4, -0.2) is 11.7 Å². The van der Waals surface area contributed by atoms with Gasteiger partial charge in [-0.25, -0.2) is 0 Å². The number of benzene rings is 2. The second kappa shape index (κ2) is 6.64. The molecular formula is C17H14F3NO2. The summed E-state index contributed by atoms with van der Waals surface area (Å²) in [6.07, 6.45) is -4.45. The van der Waals surface area contributed by atoms with E-state index in [0.717, 1.165) is 17.7 Å². The van der Waals surface area contributed by atoms with Gasteiger partial charge in [0, 0.05) is 12.1 Å². The van der Waals surface area contributed by atoms with Gasteiger partial charge in [0.25, 0.3) is 5.91 Å². The lowest BCUT2D eigenvalue weighted by Gasteiger charge is -2.09. The third-order valence-electron chi connectivity index (χ3n) is 3.23. The molecule has 3 nitrogen and oxygen atoms in total. The minimum Gasteiger partial charge on any atom is -0.345 e. The topological polar surface area (TPSA) is 46.2 Å². The van der Waals surface area contributed by atoms with Gasteiger partial charge in [0.15, 0.2) is 0 Å². The van der Waals surface area contributed by atoms with E-state index in [9.17, 15) is 22.8 Å². The molecule has 0 aromatic heterocycles. The summed E-state index contributed by atoms with van der Waals surface area (Å²) in [7, 11) is 0. The lowest BCUT2D eigenvalue weighted by Crippen LogP contribution is -2.30. The van der Waals surface area contributed by atoms with Crippen molar-refractivity contribution in [2.45, 2.75) is 19.6 Å². The molecule has 0 aliphatic rings. The number of Topliss-reactive ketones (excluding diaryl/α,β-unsaturated/α-hetero) is 1. The summed E-state index contributed by atoms with van der Waals surface area (Å²) in [6, 6.07) is 11.1. The van der Waals surface area contributed by atoms with Crippen molar-refractivity contribution in [2.24, 2.45) is 0 Å². The first-order valence-corrected chi connectivity index (χ1v) is 6.83. The molecule has 1 amide bonds. The summed E-state index contributed by atoms with van der Waals surface area (Å²) in [6.45, 7) is 1.70. The van der Waals surface area contributed by atoms with Gasteiger partial charge in [0.05, 0.1) is 5.56 Å². The van der Waals surface area contributed by atoms with E-state index in [1.165, 1.54) is 24.3 Å². The number of carbonyl (C=O) groups is 2. The van der Waals surface area contributed by atoms with Gasteiger partial charge >= 0.3 is 6.18 Å². The van der Waals surface area contributed by atoms with E-state index in [1.54, 1.807) is 12.1 Å². The zero-order valence-electron chi connectivity index (χ0n) is 12.3. The maximum absolute atomic E-state index is 12.6. The van der Waals surface area contributed by atoms with Crippen molar-refractivity contribution in [1.29, 1.82) is 0 Å². The Morgan fingerprint density at radius 3 is 2.30 bits per heavy atom. The average Bonchev–Trinajstić information content (AvgIpc) is 2.52. The fourth-order valence-corrected chi connectivity index (χ4v) is 1.96. The number of alkyl halides is 3. The van der Waals surface area contributed by atoms with Crippen LogP contribution in [0.5, 0.6) is 0 Å². The van der Waals surface area contributed by atoms with Crippen LogP contribution in [0.15, 0.2) is 48.5 Å². The lowest BCUT2D eigenvalue weighted by molar-refractivity contribution is -0.137. The van der Waals surface area contributed by atoms with Crippen LogP contribution in [0.25, 0.3) is 0 Å². The second-order valence-corrected chi connectivity index (χ2v) is 5.08. The van der Waals surface area contributed by atoms with Crippen LogP contribution in [0.3, 0.4) is 0 Å². The normalized spacial score (nSPS) is 11.1. The van der Waals surface area contributed by atoms with E-state index in [4.69, 9.17) is 0 Å². The quantitative estimate of drug-likeness (QED) is 0.692. The molecule has 0 radical (unpaired) electrons. The first-order chi connectivity index (χ1) is 10.8. The van der Waals surface area contributed by atoms with E-state index in [0.29, 0.717) is 0 Å². The molecule has 6 heteroatoms. The summed E-state index contributed by atoms with van der Waals surface area (Å²) < 4.78 is 37.8. The maximum atomic E-state index is 12.6. The minimum absolute atomic E-state index is 0.152. The van der Waals surface area contributed by atoms with Crippen molar-refractivity contribution in [3.05, 3.63) is 70.8 Å². The standard InChI is InChI=1S/C17H14F3NO2/c1-11-5-7-13(8-6-11)15(22)16(23)21-10-12-3-2-4-14(9-12)17(18,19)20/h2-9H,10H2,1H3,(H,21,23). The largest absolute Gasteiger partial charge is 0.416 e. The third-order valence-corrected chi connectivity index (χ3v) is 3.23. The molecule has 0 saturated carbocycles. The number of carbonyl (C=O) groups excluding carboxylic acids is 2. The molecule has 0 fully saturated rings. The summed E-state index contributed by atoms with van der Waals surface area (Å²) in [5, 5.41) is 2.33. The van der Waals surface area contributed by atoms with Gasteiger partial charge < -0.3 is 5.32 Å². The van der Waals surface area contributed by atoms with Gasteiger partial charge in [-0.1, -0.05) is 42.0 Å². The number of rotatable bonds is 4. The molecule has 2 rings (SSSR count). The Hall–Kier alpha value is -2.63. The number of aryl methyl sites for hydroxylation is 1. The molecule has 0 unspecified atom stereocenters. The molecule has 2 aromatic rings. The predicted octanol–water partition coefficient (Wildman–Crippen LogP) is 3.51. The van der Waals surface area contributed by atoms with Gasteiger partial charge in [-0.15, -0.1) is 0 Å². The molecule has 0 atom stereocenters. The molecule has 1 N–H and O–H groups in total. The Morgan fingerprint density at radius 1 is 1.04 bits per heavy atom. The second-order valence-electron chi connectivity index (χ2n) is 5.08. The fraction of sp³-hybridized carbons (Fsp3) is 0.176. The fourth-order valence-electron chi connectivity index (χ4n) is 1.96. The summed E-state index contributed by atoms with van der Waals surface area (Å²) in [4.78, 5) is 23.7. The van der Waals surface area contributed by atoms with Crippen LogP contribution in [0.2, 0.25) is 0 Å². The molecule has 0 bridgehead atoms. The minimum atomic E-state index is -4.45. The van der Waals surface area contributed by atoms with Crippen LogP contribution in [0, 0.1) is 6.92 Å². The Kier molecular flexibility index (Phi) is 4.83. The summed E-state index contributed by atoms with van der Waals surface area (Å²) in [5.74, 6) is -1.58. The van der Waals surface area contributed by atoms with Crippen molar-refractivity contribution >= 4 is 11.7 Å². The molecule has 0 spiro atoms. The Balaban J connectivity index is 2.02. The van der Waals surface area contributed by atoms with Gasteiger partial charge in [0.1, 0.15) is 0 Å². The van der Waals surface area contributed by atoms with Crippen molar-refractivity contribution in [3.63, 3.8) is 0 Å². The first kappa shape index (κ1) is 16.7. The Bertz CT molecular complexity index is 721. The highest BCUT2D eigenvalue weighted by molar-refractivity contribution is 6.42. The van der Waals surface area contributed by atoms with E-state index in [-0.39, 0.29) is 17.7 Å². The van der Waals surface area contributed by atoms with Crippen molar-refractivity contribution in [2.75, 3.05) is 0 Å². The summed E-state index contributed by atoms with van der Waals surface area (Å²) in [5.41, 5.74) is 0.655. The highest BCUT2D eigenvalue weighted by Gasteiger charge is 2.30. The van der Waals surface area contributed by atoms with E-state index < -0.39 is 23.4 Å². The number of amides is 1. The van der Waals surface area contributed by atoms with E-state index in [1.807, 2.05) is 6.92 Å². The molecule has 0 heterocycles. The Morgan fingerprint density at radius 2 is 1.70 bits per heavy atom. The smallest absolute Gasteiger partial charge is 0.345 e. The monoisotopic (exact) mass is 321 g/mol. The number of hydrogen-bond donors (Lipinski definition) is 1. The molecule has 120 valence electrons.